The molecule has 0 saturated heterocycles. The van der Waals surface area contributed by atoms with Gasteiger partial charge in [0, 0.05) is 16.7 Å². The van der Waals surface area contributed by atoms with Crippen LogP contribution in [0.25, 0.3) is 11.3 Å². The summed E-state index contributed by atoms with van der Waals surface area (Å²) in [5.74, 6) is -0.224. The second-order valence-electron chi connectivity index (χ2n) is 6.30. The molecule has 1 aromatic carbocycles. The fourth-order valence-electron chi connectivity index (χ4n) is 2.95. The maximum absolute atomic E-state index is 14.3. The summed E-state index contributed by atoms with van der Waals surface area (Å²) >= 11 is 1.55. The summed E-state index contributed by atoms with van der Waals surface area (Å²) in [5, 5.41) is 6.67. The molecular formula is C19H24FN3S. The molecule has 1 aliphatic rings. The summed E-state index contributed by atoms with van der Waals surface area (Å²) in [5.41, 5.74) is 2.36. The van der Waals surface area contributed by atoms with Crippen molar-refractivity contribution in [2.24, 2.45) is 10.1 Å². The van der Waals surface area contributed by atoms with Crippen LogP contribution in [0.1, 0.15) is 52.4 Å². The smallest absolute Gasteiger partial charge is 0.206 e. The summed E-state index contributed by atoms with van der Waals surface area (Å²) in [6, 6.07) is 7.23. The Morgan fingerprint density at radius 2 is 2.00 bits per heavy atom. The van der Waals surface area contributed by atoms with Gasteiger partial charge in [0.1, 0.15) is 5.82 Å². The lowest BCUT2D eigenvalue weighted by molar-refractivity contribution is 0.435. The third-order valence-corrected chi connectivity index (χ3v) is 5.32. The molecular weight excluding hydrogens is 321 g/mol. The average Bonchev–Trinajstić information content (AvgIpc) is 2.98. The molecule has 0 radical (unpaired) electrons. The zero-order valence-electron chi connectivity index (χ0n) is 14.3. The Kier molecular flexibility index (Phi) is 5.61. The normalized spacial score (nSPS) is 17.5. The minimum absolute atomic E-state index is 0.224. The van der Waals surface area contributed by atoms with Crippen LogP contribution in [0.4, 0.5) is 4.39 Å². The zero-order chi connectivity index (χ0) is 16.9. The van der Waals surface area contributed by atoms with E-state index in [1.54, 1.807) is 23.5 Å². The van der Waals surface area contributed by atoms with Crippen LogP contribution in [-0.2, 0) is 0 Å². The van der Waals surface area contributed by atoms with Gasteiger partial charge in [-0.2, -0.15) is 5.10 Å². The number of nitrogens with zero attached hydrogens (tertiary/aromatic N) is 3. The fourth-order valence-corrected chi connectivity index (χ4v) is 3.84. The SMILES string of the molecule is CCC(C)=Nn1c(-c2ccccc2F)csc1=NC1CCCCC1. The molecule has 1 aliphatic carbocycles. The van der Waals surface area contributed by atoms with E-state index in [0.29, 0.717) is 11.6 Å². The van der Waals surface area contributed by atoms with Crippen LogP contribution in [0.5, 0.6) is 0 Å². The zero-order valence-corrected chi connectivity index (χ0v) is 15.2. The Balaban J connectivity index is 2.10. The van der Waals surface area contributed by atoms with E-state index in [4.69, 9.17) is 10.1 Å². The lowest BCUT2D eigenvalue weighted by Gasteiger charge is -2.17. The van der Waals surface area contributed by atoms with Crippen molar-refractivity contribution in [1.82, 2.24) is 4.68 Å². The lowest BCUT2D eigenvalue weighted by Crippen LogP contribution is -2.19. The highest BCUT2D eigenvalue weighted by molar-refractivity contribution is 7.07. The van der Waals surface area contributed by atoms with Gasteiger partial charge in [-0.1, -0.05) is 38.3 Å². The molecule has 0 N–H and O–H groups in total. The molecule has 5 heteroatoms. The predicted octanol–water partition coefficient (Wildman–Crippen LogP) is 5.22. The lowest BCUT2D eigenvalue weighted by atomic mass is 9.96. The molecule has 1 heterocycles. The minimum atomic E-state index is -0.224. The van der Waals surface area contributed by atoms with E-state index >= 15 is 0 Å². The van der Waals surface area contributed by atoms with Gasteiger partial charge >= 0.3 is 0 Å². The summed E-state index contributed by atoms with van der Waals surface area (Å²) < 4.78 is 16.1. The molecule has 1 saturated carbocycles. The van der Waals surface area contributed by atoms with Crippen molar-refractivity contribution >= 4 is 17.0 Å². The molecule has 24 heavy (non-hydrogen) atoms. The number of thiazole rings is 1. The maximum atomic E-state index is 14.3. The minimum Gasteiger partial charge on any atom is -0.254 e. The molecule has 0 atom stereocenters. The van der Waals surface area contributed by atoms with Gasteiger partial charge in [-0.05, 0) is 38.3 Å². The molecule has 3 nitrogen and oxygen atoms in total. The van der Waals surface area contributed by atoms with Gasteiger partial charge in [0.05, 0.1) is 11.7 Å². The van der Waals surface area contributed by atoms with Crippen LogP contribution >= 0.6 is 11.3 Å². The van der Waals surface area contributed by atoms with E-state index in [1.807, 2.05) is 23.0 Å². The standard InChI is InChI=1S/C19H24FN3S/c1-3-14(2)22-23-18(16-11-7-8-12-17(16)20)13-24-19(23)21-15-9-5-4-6-10-15/h7-8,11-13,15H,3-6,9-10H2,1-2H3. The van der Waals surface area contributed by atoms with Gasteiger partial charge in [0.2, 0.25) is 4.80 Å². The first-order valence-corrected chi connectivity index (χ1v) is 9.60. The number of hydrogen-bond acceptors (Lipinski definition) is 3. The molecule has 128 valence electrons. The van der Waals surface area contributed by atoms with Gasteiger partial charge in [-0.3, -0.25) is 4.99 Å². The number of aromatic nitrogens is 1. The van der Waals surface area contributed by atoms with E-state index in [9.17, 15) is 4.39 Å². The van der Waals surface area contributed by atoms with Crippen LogP contribution in [0.3, 0.4) is 0 Å². The number of rotatable bonds is 4. The second kappa shape index (κ2) is 7.88. The molecule has 0 spiro atoms. The van der Waals surface area contributed by atoms with E-state index < -0.39 is 0 Å². The van der Waals surface area contributed by atoms with E-state index in [2.05, 4.69) is 6.92 Å². The van der Waals surface area contributed by atoms with Crippen LogP contribution in [0.15, 0.2) is 39.7 Å². The molecule has 2 aromatic rings. The van der Waals surface area contributed by atoms with Gasteiger partial charge in [-0.15, -0.1) is 11.3 Å². The first kappa shape index (κ1) is 17.1. The fraction of sp³-hybridized carbons (Fsp3) is 0.474. The monoisotopic (exact) mass is 345 g/mol. The topological polar surface area (TPSA) is 29.6 Å². The maximum Gasteiger partial charge on any atom is 0.206 e. The highest BCUT2D eigenvalue weighted by Gasteiger charge is 2.15. The summed E-state index contributed by atoms with van der Waals surface area (Å²) in [4.78, 5) is 5.80. The summed E-state index contributed by atoms with van der Waals surface area (Å²) in [6.07, 6.45) is 6.95. The second-order valence-corrected chi connectivity index (χ2v) is 7.14. The predicted molar refractivity (Wildman–Crippen MR) is 98.9 cm³/mol. The van der Waals surface area contributed by atoms with Crippen molar-refractivity contribution in [3.63, 3.8) is 0 Å². The van der Waals surface area contributed by atoms with Gasteiger partial charge < -0.3 is 0 Å². The van der Waals surface area contributed by atoms with Gasteiger partial charge in [-0.25, -0.2) is 9.07 Å². The molecule has 0 amide bonds. The molecule has 0 unspecified atom stereocenters. The van der Waals surface area contributed by atoms with Crippen molar-refractivity contribution in [2.45, 2.75) is 58.4 Å². The van der Waals surface area contributed by atoms with Crippen molar-refractivity contribution in [2.75, 3.05) is 0 Å². The van der Waals surface area contributed by atoms with E-state index in [-0.39, 0.29) is 5.82 Å². The molecule has 0 bridgehead atoms. The summed E-state index contributed by atoms with van der Waals surface area (Å²) in [7, 11) is 0. The van der Waals surface area contributed by atoms with Crippen molar-refractivity contribution in [3.05, 3.63) is 40.3 Å². The average molecular weight is 345 g/mol. The third kappa shape index (κ3) is 3.83. The van der Waals surface area contributed by atoms with Crippen LogP contribution in [0.2, 0.25) is 0 Å². The van der Waals surface area contributed by atoms with E-state index in [1.165, 1.54) is 25.3 Å². The Hall–Kier alpha value is -1.75. The van der Waals surface area contributed by atoms with Crippen molar-refractivity contribution < 1.29 is 4.39 Å². The first-order chi connectivity index (χ1) is 11.7. The number of benzene rings is 1. The largest absolute Gasteiger partial charge is 0.254 e. The molecule has 1 fully saturated rings. The van der Waals surface area contributed by atoms with Gasteiger partial charge in [0.25, 0.3) is 0 Å². The number of halogens is 1. The molecule has 3 rings (SSSR count). The first-order valence-electron chi connectivity index (χ1n) is 8.72. The highest BCUT2D eigenvalue weighted by Crippen LogP contribution is 2.24. The van der Waals surface area contributed by atoms with Gasteiger partial charge in [0.15, 0.2) is 0 Å². The van der Waals surface area contributed by atoms with Crippen LogP contribution in [-0.4, -0.2) is 16.4 Å². The number of hydrogen-bond donors (Lipinski definition) is 0. The van der Waals surface area contributed by atoms with Crippen LogP contribution in [0, 0.1) is 5.82 Å². The highest BCUT2D eigenvalue weighted by atomic mass is 32.1. The Morgan fingerprint density at radius 3 is 2.71 bits per heavy atom. The summed E-state index contributed by atoms with van der Waals surface area (Å²) in [6.45, 7) is 4.08. The van der Waals surface area contributed by atoms with Crippen molar-refractivity contribution in [3.8, 4) is 11.3 Å². The third-order valence-electron chi connectivity index (χ3n) is 4.49. The van der Waals surface area contributed by atoms with E-state index in [0.717, 1.165) is 35.5 Å². The Morgan fingerprint density at radius 1 is 1.25 bits per heavy atom. The Bertz CT molecular complexity index is 782. The van der Waals surface area contributed by atoms with Crippen LogP contribution < -0.4 is 4.80 Å². The molecule has 1 aromatic heterocycles. The quantitative estimate of drug-likeness (QED) is 0.680. The molecule has 0 aliphatic heterocycles. The van der Waals surface area contributed by atoms with Crippen molar-refractivity contribution in [1.29, 1.82) is 0 Å². The Labute approximate surface area is 146 Å².